The van der Waals surface area contributed by atoms with E-state index in [-0.39, 0.29) is 5.78 Å². The summed E-state index contributed by atoms with van der Waals surface area (Å²) in [5.41, 5.74) is 2.25. The van der Waals surface area contributed by atoms with E-state index >= 15 is 0 Å². The van der Waals surface area contributed by atoms with E-state index in [1.807, 2.05) is 25.1 Å². The molecule has 0 saturated heterocycles. The zero-order valence-electron chi connectivity index (χ0n) is 10.5. The van der Waals surface area contributed by atoms with Crippen molar-refractivity contribution >= 4 is 26.5 Å². The molecule has 0 bridgehead atoms. The second-order valence-electron chi connectivity index (χ2n) is 4.54. The zero-order valence-corrected chi connectivity index (χ0v) is 11.3. The minimum Gasteiger partial charge on any atom is -0.360 e. The van der Waals surface area contributed by atoms with Crippen LogP contribution in [-0.4, -0.2) is 30.7 Å². The van der Waals surface area contributed by atoms with Gasteiger partial charge in [-0.3, -0.25) is 4.79 Å². The van der Waals surface area contributed by atoms with Gasteiger partial charge in [-0.1, -0.05) is 12.1 Å². The molecule has 1 aromatic heterocycles. The Hall–Kier alpha value is -1.62. The summed E-state index contributed by atoms with van der Waals surface area (Å²) < 4.78 is 22.9. The summed E-state index contributed by atoms with van der Waals surface area (Å²) in [7, 11) is -3.37. The second kappa shape index (κ2) is 4.24. The average molecular weight is 265 g/mol. The number of Topliss-reactive ketones (excluding diaryl/α,β-unsaturated/α-hetero) is 1. The maximum atomic E-state index is 12.2. The van der Waals surface area contributed by atoms with Crippen LogP contribution in [0.25, 0.3) is 10.9 Å². The highest BCUT2D eigenvalue weighted by atomic mass is 32.2. The van der Waals surface area contributed by atoms with Gasteiger partial charge in [-0.05, 0) is 25.5 Å². The smallest absolute Gasteiger partial charge is 0.182 e. The third-order valence-corrected chi connectivity index (χ3v) is 4.69. The van der Waals surface area contributed by atoms with Crippen molar-refractivity contribution in [3.05, 3.63) is 35.5 Å². The van der Waals surface area contributed by atoms with E-state index in [9.17, 15) is 13.2 Å². The molecular weight excluding hydrogens is 250 g/mol. The minimum absolute atomic E-state index is 0.363. The lowest BCUT2D eigenvalue weighted by Crippen LogP contribution is -2.26. The number of fused-ring (bicyclic) bond motifs is 1. The normalized spacial score (nSPS) is 13.7. The number of ketones is 1. The third-order valence-electron chi connectivity index (χ3n) is 3.19. The number of nitrogens with one attached hydrogen (secondary N) is 1. The van der Waals surface area contributed by atoms with Crippen LogP contribution in [0.4, 0.5) is 0 Å². The van der Waals surface area contributed by atoms with E-state index in [1.54, 1.807) is 6.20 Å². The van der Waals surface area contributed by atoms with Crippen LogP contribution in [0, 0.1) is 6.92 Å². The Balaban J connectivity index is 2.59. The maximum Gasteiger partial charge on any atom is 0.182 e. The van der Waals surface area contributed by atoms with Crippen molar-refractivity contribution in [2.45, 2.75) is 19.1 Å². The molecule has 1 N–H and O–H groups in total. The van der Waals surface area contributed by atoms with Crippen LogP contribution in [0.15, 0.2) is 24.4 Å². The van der Waals surface area contributed by atoms with Crippen molar-refractivity contribution in [2.75, 3.05) is 6.26 Å². The average Bonchev–Trinajstić information content (AvgIpc) is 2.71. The SMILES string of the molecule is Cc1cccc2[nH]cc(C(=O)C(C)S(C)(=O)=O)c12. The molecule has 2 aromatic rings. The number of carbonyl (C=O) groups is 1. The van der Waals surface area contributed by atoms with Gasteiger partial charge in [0.1, 0.15) is 5.25 Å². The van der Waals surface area contributed by atoms with Crippen molar-refractivity contribution in [1.29, 1.82) is 0 Å². The third kappa shape index (κ3) is 2.06. The number of aromatic amines is 1. The first-order valence-electron chi connectivity index (χ1n) is 5.62. The van der Waals surface area contributed by atoms with Gasteiger partial charge in [0.05, 0.1) is 0 Å². The standard InChI is InChI=1S/C13H15NO3S/c1-8-5-4-6-11-12(8)10(7-14-11)13(15)9(2)18(3,16)17/h4-7,9,14H,1-3H3. The molecule has 4 nitrogen and oxygen atoms in total. The first-order chi connectivity index (χ1) is 8.32. The number of sulfone groups is 1. The number of aromatic nitrogens is 1. The number of aryl methyl sites for hydroxylation is 1. The molecule has 0 radical (unpaired) electrons. The minimum atomic E-state index is -3.37. The maximum absolute atomic E-state index is 12.2. The van der Waals surface area contributed by atoms with E-state index in [2.05, 4.69) is 4.98 Å². The van der Waals surface area contributed by atoms with Crippen LogP contribution in [0.2, 0.25) is 0 Å². The molecule has 18 heavy (non-hydrogen) atoms. The predicted octanol–water partition coefficient (Wildman–Crippen LogP) is 2.09. The van der Waals surface area contributed by atoms with Crippen LogP contribution < -0.4 is 0 Å². The Kier molecular flexibility index (Phi) is 3.02. The summed E-state index contributed by atoms with van der Waals surface area (Å²) in [6.07, 6.45) is 2.67. The Morgan fingerprint density at radius 1 is 1.33 bits per heavy atom. The predicted molar refractivity (Wildman–Crippen MR) is 71.7 cm³/mol. The largest absolute Gasteiger partial charge is 0.360 e. The molecule has 5 heteroatoms. The van der Waals surface area contributed by atoms with Crippen molar-refractivity contribution in [3.63, 3.8) is 0 Å². The highest BCUT2D eigenvalue weighted by Crippen LogP contribution is 2.24. The number of H-pyrrole nitrogens is 1. The Labute approximate surface area is 106 Å². The van der Waals surface area contributed by atoms with Crippen LogP contribution in [0.1, 0.15) is 22.8 Å². The van der Waals surface area contributed by atoms with Crippen LogP contribution >= 0.6 is 0 Å². The summed E-state index contributed by atoms with van der Waals surface area (Å²) >= 11 is 0. The molecule has 0 amide bonds. The van der Waals surface area contributed by atoms with Gasteiger partial charge >= 0.3 is 0 Å². The molecular formula is C13H15NO3S. The van der Waals surface area contributed by atoms with Gasteiger partial charge in [0.15, 0.2) is 15.6 Å². The molecule has 2 rings (SSSR count). The fourth-order valence-electron chi connectivity index (χ4n) is 1.98. The van der Waals surface area contributed by atoms with E-state index in [0.29, 0.717) is 5.56 Å². The van der Waals surface area contributed by atoms with Gasteiger partial charge in [-0.25, -0.2) is 8.42 Å². The Morgan fingerprint density at radius 3 is 2.61 bits per heavy atom. The summed E-state index contributed by atoms with van der Waals surface area (Å²) in [6.45, 7) is 3.33. The molecule has 0 saturated carbocycles. The quantitative estimate of drug-likeness (QED) is 0.864. The van der Waals surface area contributed by atoms with Gasteiger partial charge in [0.2, 0.25) is 0 Å². The van der Waals surface area contributed by atoms with Crippen LogP contribution in [0.3, 0.4) is 0 Å². The van der Waals surface area contributed by atoms with Gasteiger partial charge in [-0.15, -0.1) is 0 Å². The Morgan fingerprint density at radius 2 is 2.00 bits per heavy atom. The fraction of sp³-hybridized carbons (Fsp3) is 0.308. The molecule has 1 atom stereocenters. The fourth-order valence-corrected chi connectivity index (χ4v) is 2.49. The van der Waals surface area contributed by atoms with E-state index in [4.69, 9.17) is 0 Å². The molecule has 0 aliphatic rings. The Bertz CT molecular complexity index is 713. The van der Waals surface area contributed by atoms with Gasteiger partial charge in [0, 0.05) is 28.9 Å². The van der Waals surface area contributed by atoms with Crippen LogP contribution in [-0.2, 0) is 9.84 Å². The van der Waals surface area contributed by atoms with E-state index in [0.717, 1.165) is 22.7 Å². The number of rotatable bonds is 3. The monoisotopic (exact) mass is 265 g/mol. The summed E-state index contributed by atoms with van der Waals surface area (Å²) in [5, 5.41) is -0.214. The molecule has 0 fully saturated rings. The molecule has 0 aliphatic carbocycles. The van der Waals surface area contributed by atoms with E-state index in [1.165, 1.54) is 6.92 Å². The number of benzene rings is 1. The molecule has 0 aliphatic heterocycles. The van der Waals surface area contributed by atoms with Gasteiger partial charge in [-0.2, -0.15) is 0 Å². The number of hydrogen-bond donors (Lipinski definition) is 1. The van der Waals surface area contributed by atoms with Crippen LogP contribution in [0.5, 0.6) is 0 Å². The molecule has 96 valence electrons. The summed E-state index contributed by atoms with van der Waals surface area (Å²) in [5.74, 6) is -0.363. The van der Waals surface area contributed by atoms with Crippen molar-refractivity contribution in [2.24, 2.45) is 0 Å². The first-order valence-corrected chi connectivity index (χ1v) is 7.57. The topological polar surface area (TPSA) is 67.0 Å². The van der Waals surface area contributed by atoms with E-state index < -0.39 is 15.1 Å². The van der Waals surface area contributed by atoms with Gasteiger partial charge < -0.3 is 4.98 Å². The number of hydrogen-bond acceptors (Lipinski definition) is 3. The summed E-state index contributed by atoms with van der Waals surface area (Å²) in [6, 6.07) is 5.66. The lowest BCUT2D eigenvalue weighted by molar-refractivity contribution is 0.0993. The zero-order chi connectivity index (χ0) is 13.5. The lowest BCUT2D eigenvalue weighted by Gasteiger charge is -2.08. The number of carbonyl (C=O) groups excluding carboxylic acids is 1. The highest BCUT2D eigenvalue weighted by molar-refractivity contribution is 7.92. The molecule has 1 heterocycles. The molecule has 1 unspecified atom stereocenters. The van der Waals surface area contributed by atoms with Crippen molar-refractivity contribution < 1.29 is 13.2 Å². The van der Waals surface area contributed by atoms with Crippen molar-refractivity contribution in [3.8, 4) is 0 Å². The highest BCUT2D eigenvalue weighted by Gasteiger charge is 2.26. The second-order valence-corrected chi connectivity index (χ2v) is 6.90. The summed E-state index contributed by atoms with van der Waals surface area (Å²) in [4.78, 5) is 15.2. The van der Waals surface area contributed by atoms with Crippen molar-refractivity contribution in [1.82, 2.24) is 4.98 Å². The van der Waals surface area contributed by atoms with Gasteiger partial charge in [0.25, 0.3) is 0 Å². The lowest BCUT2D eigenvalue weighted by atomic mass is 10.0. The molecule has 0 spiro atoms. The first kappa shape index (κ1) is 12.8. The molecule has 1 aromatic carbocycles.